The number of anilines is 1. The van der Waals surface area contributed by atoms with Crippen molar-refractivity contribution in [2.45, 2.75) is 0 Å². The Labute approximate surface area is 144 Å². The molecule has 3 aromatic rings. The molecule has 0 radical (unpaired) electrons. The summed E-state index contributed by atoms with van der Waals surface area (Å²) in [5.41, 5.74) is 0.889. The van der Waals surface area contributed by atoms with Gasteiger partial charge >= 0.3 is 5.97 Å². The largest absolute Gasteiger partial charge is 0.481 e. The van der Waals surface area contributed by atoms with E-state index in [2.05, 4.69) is 31.2 Å². The fraction of sp³-hybridized carbons (Fsp3) is 0.0625. The number of rotatable bonds is 4. The van der Waals surface area contributed by atoms with Crippen molar-refractivity contribution in [3.63, 3.8) is 0 Å². The van der Waals surface area contributed by atoms with Crippen LogP contribution in [0.25, 0.3) is 10.9 Å². The molecule has 3 rings (SSSR count). The van der Waals surface area contributed by atoms with E-state index in [9.17, 15) is 14.7 Å². The predicted molar refractivity (Wildman–Crippen MR) is 91.7 cm³/mol. The second-order valence-electron chi connectivity index (χ2n) is 4.91. The van der Waals surface area contributed by atoms with E-state index in [1.165, 1.54) is 13.3 Å². The Morgan fingerprint density at radius 1 is 1.29 bits per heavy atom. The van der Waals surface area contributed by atoms with Crippen LogP contribution in [0.4, 0.5) is 5.69 Å². The van der Waals surface area contributed by atoms with Crippen molar-refractivity contribution in [1.29, 1.82) is 0 Å². The summed E-state index contributed by atoms with van der Waals surface area (Å²) in [6.45, 7) is 0. The van der Waals surface area contributed by atoms with Crippen LogP contribution in [0.1, 0.15) is 20.8 Å². The zero-order valence-corrected chi connectivity index (χ0v) is 14.0. The highest BCUT2D eigenvalue weighted by Gasteiger charge is 2.23. The van der Waals surface area contributed by atoms with Gasteiger partial charge in [0.2, 0.25) is 5.88 Å². The van der Waals surface area contributed by atoms with E-state index in [1.807, 2.05) is 0 Å². The van der Waals surface area contributed by atoms with Gasteiger partial charge in [0.15, 0.2) is 0 Å². The standard InChI is InChI=1S/C16H12BrN3O4/c1-24-12-5-3-9(7-18-12)19-15(21)14-13(16(22)23)10-4-2-8(17)6-11(10)20-14/h2-7,20H,1H3,(H,19,21)(H,22,23). The number of nitrogens with zero attached hydrogens (tertiary/aromatic N) is 1. The van der Waals surface area contributed by atoms with Crippen molar-refractivity contribution in [3.8, 4) is 5.88 Å². The van der Waals surface area contributed by atoms with Crippen molar-refractivity contribution in [3.05, 3.63) is 52.3 Å². The summed E-state index contributed by atoms with van der Waals surface area (Å²) < 4.78 is 5.73. The van der Waals surface area contributed by atoms with Crippen molar-refractivity contribution in [2.75, 3.05) is 12.4 Å². The van der Waals surface area contributed by atoms with Crippen LogP contribution in [0.3, 0.4) is 0 Å². The van der Waals surface area contributed by atoms with E-state index >= 15 is 0 Å². The van der Waals surface area contributed by atoms with Crippen LogP contribution in [0.15, 0.2) is 41.0 Å². The van der Waals surface area contributed by atoms with Crippen LogP contribution < -0.4 is 10.1 Å². The van der Waals surface area contributed by atoms with Gasteiger partial charge in [0.25, 0.3) is 5.91 Å². The van der Waals surface area contributed by atoms with E-state index in [0.717, 1.165) is 4.47 Å². The molecule has 0 unspecified atom stereocenters. The van der Waals surface area contributed by atoms with Gasteiger partial charge in [0.1, 0.15) is 5.69 Å². The summed E-state index contributed by atoms with van der Waals surface area (Å²) in [5, 5.41) is 12.5. The van der Waals surface area contributed by atoms with Gasteiger partial charge in [-0.2, -0.15) is 0 Å². The molecule has 0 atom stereocenters. The number of nitrogens with one attached hydrogen (secondary N) is 2. The Kier molecular flexibility index (Phi) is 4.22. The Hall–Kier alpha value is -2.87. The topological polar surface area (TPSA) is 104 Å². The summed E-state index contributed by atoms with van der Waals surface area (Å²) in [6, 6.07) is 8.29. The number of H-pyrrole nitrogens is 1. The number of halogens is 1. The summed E-state index contributed by atoms with van der Waals surface area (Å²) in [7, 11) is 1.49. The molecule has 0 bridgehead atoms. The number of pyridine rings is 1. The predicted octanol–water partition coefficient (Wildman–Crippen LogP) is 3.28. The van der Waals surface area contributed by atoms with Crippen LogP contribution >= 0.6 is 15.9 Å². The molecule has 7 nitrogen and oxygen atoms in total. The molecule has 0 spiro atoms. The van der Waals surface area contributed by atoms with Gasteiger partial charge in [-0.25, -0.2) is 9.78 Å². The first-order valence-electron chi connectivity index (χ1n) is 6.85. The number of ether oxygens (including phenoxy) is 1. The molecule has 24 heavy (non-hydrogen) atoms. The molecule has 8 heteroatoms. The summed E-state index contributed by atoms with van der Waals surface area (Å²) in [6.07, 6.45) is 1.43. The average Bonchev–Trinajstić information content (AvgIpc) is 2.94. The van der Waals surface area contributed by atoms with Crippen molar-refractivity contribution in [2.24, 2.45) is 0 Å². The Morgan fingerprint density at radius 2 is 2.08 bits per heavy atom. The van der Waals surface area contributed by atoms with Crippen molar-refractivity contribution in [1.82, 2.24) is 9.97 Å². The summed E-state index contributed by atoms with van der Waals surface area (Å²) in [4.78, 5) is 30.9. The van der Waals surface area contributed by atoms with Crippen LogP contribution in [-0.4, -0.2) is 34.1 Å². The molecular weight excluding hydrogens is 378 g/mol. The van der Waals surface area contributed by atoms with Crippen molar-refractivity contribution < 1.29 is 19.4 Å². The number of fused-ring (bicyclic) bond motifs is 1. The van der Waals surface area contributed by atoms with Crippen LogP contribution in [0.5, 0.6) is 5.88 Å². The highest BCUT2D eigenvalue weighted by Crippen LogP contribution is 2.26. The fourth-order valence-electron chi connectivity index (χ4n) is 2.33. The van der Waals surface area contributed by atoms with Crippen LogP contribution in [0, 0.1) is 0 Å². The third-order valence-electron chi connectivity index (χ3n) is 3.40. The molecule has 0 fully saturated rings. The minimum atomic E-state index is -1.18. The molecule has 0 saturated heterocycles. The van der Waals surface area contributed by atoms with Gasteiger partial charge in [-0.15, -0.1) is 0 Å². The quantitative estimate of drug-likeness (QED) is 0.634. The minimum absolute atomic E-state index is 0.0218. The number of amides is 1. The number of hydrogen-bond donors (Lipinski definition) is 3. The number of hydrogen-bond acceptors (Lipinski definition) is 4. The molecule has 0 aliphatic rings. The number of carboxylic acid groups (broad SMARTS) is 1. The number of aromatic carboxylic acids is 1. The number of aromatic nitrogens is 2. The maximum absolute atomic E-state index is 12.5. The first-order chi connectivity index (χ1) is 11.5. The number of benzene rings is 1. The molecule has 0 saturated carbocycles. The molecule has 1 amide bonds. The second-order valence-corrected chi connectivity index (χ2v) is 5.83. The van der Waals surface area contributed by atoms with Crippen LogP contribution in [-0.2, 0) is 0 Å². The van der Waals surface area contributed by atoms with Gasteiger partial charge in [-0.3, -0.25) is 4.79 Å². The van der Waals surface area contributed by atoms with E-state index in [4.69, 9.17) is 4.74 Å². The molecule has 1 aromatic carbocycles. The Bertz CT molecular complexity index is 934. The maximum Gasteiger partial charge on any atom is 0.338 e. The lowest BCUT2D eigenvalue weighted by molar-refractivity contribution is 0.0694. The normalized spacial score (nSPS) is 10.6. The van der Waals surface area contributed by atoms with E-state index in [-0.39, 0.29) is 11.3 Å². The zero-order chi connectivity index (χ0) is 17.3. The maximum atomic E-state index is 12.5. The Morgan fingerprint density at radius 3 is 2.71 bits per heavy atom. The van der Waals surface area contributed by atoms with Crippen molar-refractivity contribution >= 4 is 44.4 Å². The highest BCUT2D eigenvalue weighted by atomic mass is 79.9. The average molecular weight is 390 g/mol. The second kappa shape index (κ2) is 6.32. The number of carboxylic acids is 1. The number of methoxy groups -OCH3 is 1. The summed E-state index contributed by atoms with van der Waals surface area (Å²) in [5.74, 6) is -1.33. The first kappa shape index (κ1) is 16.0. The lowest BCUT2D eigenvalue weighted by Gasteiger charge is -2.05. The van der Waals surface area contributed by atoms with Gasteiger partial charge in [-0.1, -0.05) is 22.0 Å². The highest BCUT2D eigenvalue weighted by molar-refractivity contribution is 9.10. The van der Waals surface area contributed by atoms with E-state index < -0.39 is 11.9 Å². The first-order valence-corrected chi connectivity index (χ1v) is 7.65. The number of carbonyl (C=O) groups is 2. The molecule has 0 aliphatic heterocycles. The molecule has 122 valence electrons. The molecule has 2 aromatic heterocycles. The monoisotopic (exact) mass is 389 g/mol. The third kappa shape index (κ3) is 2.95. The number of carbonyl (C=O) groups excluding carboxylic acids is 1. The SMILES string of the molecule is COc1ccc(NC(=O)c2[nH]c3cc(Br)ccc3c2C(=O)O)cn1. The molecule has 3 N–H and O–H groups in total. The third-order valence-corrected chi connectivity index (χ3v) is 3.90. The van der Waals surface area contributed by atoms with Gasteiger partial charge < -0.3 is 20.1 Å². The Balaban J connectivity index is 1.99. The number of aromatic amines is 1. The smallest absolute Gasteiger partial charge is 0.338 e. The van der Waals surface area contributed by atoms with E-state index in [0.29, 0.717) is 22.5 Å². The fourth-order valence-corrected chi connectivity index (χ4v) is 2.69. The van der Waals surface area contributed by atoms with Gasteiger partial charge in [0.05, 0.1) is 24.6 Å². The molecule has 2 heterocycles. The molecular formula is C16H12BrN3O4. The lowest BCUT2D eigenvalue weighted by atomic mass is 10.1. The zero-order valence-electron chi connectivity index (χ0n) is 12.5. The lowest BCUT2D eigenvalue weighted by Crippen LogP contribution is -2.16. The van der Waals surface area contributed by atoms with Gasteiger partial charge in [0, 0.05) is 21.4 Å². The molecule has 0 aliphatic carbocycles. The van der Waals surface area contributed by atoms with Gasteiger partial charge in [-0.05, 0) is 18.2 Å². The minimum Gasteiger partial charge on any atom is -0.481 e. The summed E-state index contributed by atoms with van der Waals surface area (Å²) >= 11 is 3.32. The van der Waals surface area contributed by atoms with E-state index in [1.54, 1.807) is 30.3 Å². The van der Waals surface area contributed by atoms with Crippen LogP contribution in [0.2, 0.25) is 0 Å².